The summed E-state index contributed by atoms with van der Waals surface area (Å²) in [6, 6.07) is 7.44. The Morgan fingerprint density at radius 2 is 2.10 bits per heavy atom. The fourth-order valence-electron chi connectivity index (χ4n) is 2.02. The smallest absolute Gasteiger partial charge is 0.262 e. The average molecular weight is 302 g/mol. The fourth-order valence-corrected chi connectivity index (χ4v) is 2.15. The van der Waals surface area contributed by atoms with Gasteiger partial charge in [0.2, 0.25) is 5.95 Å². The van der Waals surface area contributed by atoms with Gasteiger partial charge in [-0.1, -0.05) is 23.7 Å². The minimum absolute atomic E-state index is 0.0824. The standard InChI is InChI=1S/C14H12ClN5O/c15-10-3-1-8(2-4-10)5-17-6-9-7-18-12-11(9)13(21)20-14(16)19-12/h1-4,6-7H,5H2,(H4,16,18,19,20,21). The first-order chi connectivity index (χ1) is 10.1. The van der Waals surface area contributed by atoms with E-state index in [1.807, 2.05) is 24.3 Å². The van der Waals surface area contributed by atoms with Crippen LogP contribution < -0.4 is 11.3 Å². The zero-order valence-corrected chi connectivity index (χ0v) is 11.7. The summed E-state index contributed by atoms with van der Waals surface area (Å²) in [5.41, 5.74) is 7.36. The second-order valence-electron chi connectivity index (χ2n) is 4.52. The third-order valence-corrected chi connectivity index (χ3v) is 3.26. The van der Waals surface area contributed by atoms with Gasteiger partial charge < -0.3 is 10.7 Å². The Labute approximate surface area is 124 Å². The van der Waals surface area contributed by atoms with Crippen molar-refractivity contribution in [2.45, 2.75) is 6.54 Å². The highest BCUT2D eigenvalue weighted by Crippen LogP contribution is 2.12. The van der Waals surface area contributed by atoms with Crippen LogP contribution in [0, 0.1) is 0 Å². The third-order valence-electron chi connectivity index (χ3n) is 3.01. The summed E-state index contributed by atoms with van der Waals surface area (Å²) in [4.78, 5) is 25.6. The Bertz CT molecular complexity index is 863. The van der Waals surface area contributed by atoms with E-state index in [2.05, 4.69) is 19.9 Å². The lowest BCUT2D eigenvalue weighted by molar-refractivity contribution is 1.08. The molecule has 0 fully saturated rings. The summed E-state index contributed by atoms with van der Waals surface area (Å²) < 4.78 is 0. The predicted octanol–water partition coefficient (Wildman–Crippen LogP) is 2.11. The monoisotopic (exact) mass is 301 g/mol. The molecule has 0 aliphatic rings. The minimum atomic E-state index is -0.285. The molecule has 6 nitrogen and oxygen atoms in total. The molecule has 0 aliphatic heterocycles. The number of H-pyrrole nitrogens is 2. The van der Waals surface area contributed by atoms with Crippen LogP contribution in [0.25, 0.3) is 11.0 Å². The van der Waals surface area contributed by atoms with Crippen molar-refractivity contribution < 1.29 is 0 Å². The van der Waals surface area contributed by atoms with Crippen LogP contribution in [0.5, 0.6) is 0 Å². The van der Waals surface area contributed by atoms with Gasteiger partial charge in [0, 0.05) is 23.0 Å². The molecular formula is C14H12ClN5O. The molecule has 0 radical (unpaired) electrons. The van der Waals surface area contributed by atoms with E-state index < -0.39 is 0 Å². The van der Waals surface area contributed by atoms with Crippen molar-refractivity contribution in [2.24, 2.45) is 4.99 Å². The van der Waals surface area contributed by atoms with Gasteiger partial charge >= 0.3 is 0 Å². The van der Waals surface area contributed by atoms with Gasteiger partial charge in [-0.3, -0.25) is 14.8 Å². The van der Waals surface area contributed by atoms with E-state index in [1.54, 1.807) is 12.4 Å². The molecule has 0 unspecified atom stereocenters. The molecule has 7 heteroatoms. The van der Waals surface area contributed by atoms with E-state index in [9.17, 15) is 4.79 Å². The van der Waals surface area contributed by atoms with Crippen LogP contribution in [0.1, 0.15) is 11.1 Å². The molecule has 0 atom stereocenters. The van der Waals surface area contributed by atoms with E-state index in [1.165, 1.54) is 0 Å². The molecule has 2 heterocycles. The van der Waals surface area contributed by atoms with Gasteiger partial charge in [0.05, 0.1) is 11.9 Å². The third kappa shape index (κ3) is 2.80. The summed E-state index contributed by atoms with van der Waals surface area (Å²) in [6.07, 6.45) is 3.32. The molecule has 106 valence electrons. The fraction of sp³-hybridized carbons (Fsp3) is 0.0714. The van der Waals surface area contributed by atoms with Crippen LogP contribution in [-0.2, 0) is 6.54 Å². The lowest BCUT2D eigenvalue weighted by atomic mass is 10.2. The molecule has 0 saturated carbocycles. The van der Waals surface area contributed by atoms with Crippen LogP contribution in [0.4, 0.5) is 5.95 Å². The molecule has 3 aromatic rings. The molecule has 1 aromatic carbocycles. The van der Waals surface area contributed by atoms with Crippen molar-refractivity contribution in [3.63, 3.8) is 0 Å². The van der Waals surface area contributed by atoms with Gasteiger partial charge in [0.1, 0.15) is 5.65 Å². The summed E-state index contributed by atoms with van der Waals surface area (Å²) in [5.74, 6) is 0.0824. The van der Waals surface area contributed by atoms with Crippen molar-refractivity contribution in [3.05, 3.63) is 57.0 Å². The average Bonchev–Trinajstić information content (AvgIpc) is 2.84. The van der Waals surface area contributed by atoms with Crippen LogP contribution in [-0.4, -0.2) is 21.2 Å². The Balaban J connectivity index is 1.86. The lowest BCUT2D eigenvalue weighted by Crippen LogP contribution is -2.11. The molecule has 0 bridgehead atoms. The molecule has 0 spiro atoms. The van der Waals surface area contributed by atoms with Crippen molar-refractivity contribution in [2.75, 3.05) is 5.73 Å². The van der Waals surface area contributed by atoms with E-state index in [0.717, 1.165) is 5.56 Å². The van der Waals surface area contributed by atoms with Crippen molar-refractivity contribution in [3.8, 4) is 0 Å². The number of anilines is 1. The summed E-state index contributed by atoms with van der Waals surface area (Å²) >= 11 is 5.82. The van der Waals surface area contributed by atoms with E-state index in [-0.39, 0.29) is 11.5 Å². The number of halogens is 1. The number of nitrogens with zero attached hydrogens (tertiary/aromatic N) is 2. The number of aromatic amines is 2. The second kappa shape index (κ2) is 5.41. The maximum atomic E-state index is 11.9. The van der Waals surface area contributed by atoms with Crippen molar-refractivity contribution in [1.29, 1.82) is 0 Å². The van der Waals surface area contributed by atoms with Crippen LogP contribution >= 0.6 is 11.6 Å². The number of hydrogen-bond donors (Lipinski definition) is 3. The number of nitrogen functional groups attached to an aromatic ring is 1. The van der Waals surface area contributed by atoms with E-state index in [4.69, 9.17) is 17.3 Å². The lowest BCUT2D eigenvalue weighted by Gasteiger charge is -1.96. The number of nitrogens with two attached hydrogens (primary N) is 1. The number of aromatic nitrogens is 3. The molecule has 0 aliphatic carbocycles. The number of hydrogen-bond acceptors (Lipinski definition) is 4. The van der Waals surface area contributed by atoms with Gasteiger partial charge in [-0.2, -0.15) is 4.98 Å². The highest BCUT2D eigenvalue weighted by molar-refractivity contribution is 6.30. The zero-order valence-electron chi connectivity index (χ0n) is 10.9. The summed E-state index contributed by atoms with van der Waals surface area (Å²) in [6.45, 7) is 0.504. The first-order valence-corrected chi connectivity index (χ1v) is 6.62. The minimum Gasteiger partial charge on any atom is -0.369 e. The number of rotatable bonds is 3. The molecule has 0 saturated heterocycles. The van der Waals surface area contributed by atoms with Crippen molar-refractivity contribution in [1.82, 2.24) is 15.0 Å². The highest BCUT2D eigenvalue weighted by Gasteiger charge is 2.08. The van der Waals surface area contributed by atoms with Gasteiger partial charge in [0.25, 0.3) is 5.56 Å². The number of fused-ring (bicyclic) bond motifs is 1. The Morgan fingerprint density at radius 3 is 2.86 bits per heavy atom. The Kier molecular flexibility index (Phi) is 3.45. The Hall–Kier alpha value is -2.60. The normalized spacial score (nSPS) is 11.5. The first kappa shape index (κ1) is 13.4. The molecule has 2 aromatic heterocycles. The summed E-state index contributed by atoms with van der Waals surface area (Å²) in [5, 5.41) is 1.14. The molecule has 21 heavy (non-hydrogen) atoms. The van der Waals surface area contributed by atoms with Gasteiger partial charge in [0.15, 0.2) is 0 Å². The summed E-state index contributed by atoms with van der Waals surface area (Å²) in [7, 11) is 0. The second-order valence-corrected chi connectivity index (χ2v) is 4.95. The molecular weight excluding hydrogens is 290 g/mol. The number of aliphatic imine (C=N–C) groups is 1. The molecule has 4 N–H and O–H groups in total. The zero-order chi connectivity index (χ0) is 14.8. The molecule has 0 amide bonds. The first-order valence-electron chi connectivity index (χ1n) is 6.24. The highest BCUT2D eigenvalue weighted by atomic mass is 35.5. The van der Waals surface area contributed by atoms with Gasteiger partial charge in [-0.25, -0.2) is 0 Å². The number of benzene rings is 1. The van der Waals surface area contributed by atoms with Crippen LogP contribution in [0.2, 0.25) is 5.02 Å². The number of nitrogens with one attached hydrogen (secondary N) is 2. The van der Waals surface area contributed by atoms with E-state index in [0.29, 0.717) is 28.2 Å². The topological polar surface area (TPSA) is 99.9 Å². The van der Waals surface area contributed by atoms with E-state index >= 15 is 0 Å². The predicted molar refractivity (Wildman–Crippen MR) is 83.9 cm³/mol. The maximum absolute atomic E-state index is 11.9. The molecule has 3 rings (SSSR count). The Morgan fingerprint density at radius 1 is 1.33 bits per heavy atom. The van der Waals surface area contributed by atoms with Crippen molar-refractivity contribution >= 4 is 34.8 Å². The van der Waals surface area contributed by atoms with Crippen LogP contribution in [0.15, 0.2) is 40.2 Å². The SMILES string of the molecule is Nc1nc2[nH]cc(C=NCc3ccc(Cl)cc3)c2c(=O)[nH]1. The van der Waals surface area contributed by atoms with Crippen LogP contribution in [0.3, 0.4) is 0 Å². The van der Waals surface area contributed by atoms with Gasteiger partial charge in [-0.15, -0.1) is 0 Å². The quantitative estimate of drug-likeness (QED) is 0.646. The largest absolute Gasteiger partial charge is 0.369 e. The van der Waals surface area contributed by atoms with Gasteiger partial charge in [-0.05, 0) is 17.7 Å². The maximum Gasteiger partial charge on any atom is 0.262 e.